The molecule has 4 nitrogen and oxygen atoms in total. The van der Waals surface area contributed by atoms with Crippen molar-refractivity contribution in [2.45, 2.75) is 32.8 Å². The van der Waals surface area contributed by atoms with Crippen molar-refractivity contribution in [2.24, 2.45) is 5.92 Å². The van der Waals surface area contributed by atoms with Gasteiger partial charge in [-0.25, -0.2) is 0 Å². The zero-order valence-corrected chi connectivity index (χ0v) is 13.8. The van der Waals surface area contributed by atoms with Crippen LogP contribution in [0.1, 0.15) is 25.3 Å². The third-order valence-electron chi connectivity index (χ3n) is 4.09. The lowest BCUT2D eigenvalue weighted by molar-refractivity contribution is 0.0301. The van der Waals surface area contributed by atoms with Crippen LogP contribution in [-0.4, -0.2) is 55.6 Å². The number of aliphatic hydroxyl groups is 1. The van der Waals surface area contributed by atoms with E-state index >= 15 is 0 Å². The van der Waals surface area contributed by atoms with Gasteiger partial charge in [-0.2, -0.15) is 0 Å². The summed E-state index contributed by atoms with van der Waals surface area (Å²) in [6.07, 6.45) is 1.96. The molecule has 1 fully saturated rings. The fourth-order valence-corrected chi connectivity index (χ4v) is 2.92. The van der Waals surface area contributed by atoms with Crippen LogP contribution in [0.2, 0.25) is 0 Å². The molecule has 4 heteroatoms. The average Bonchev–Trinajstić information content (AvgIpc) is 2.53. The van der Waals surface area contributed by atoms with E-state index < -0.39 is 6.10 Å². The van der Waals surface area contributed by atoms with Crippen LogP contribution in [0.25, 0.3) is 0 Å². The van der Waals surface area contributed by atoms with Gasteiger partial charge in [-0.15, -0.1) is 0 Å². The predicted octanol–water partition coefficient (Wildman–Crippen LogP) is 2.48. The maximum Gasteiger partial charge on any atom is 0.119 e. The number of nitrogens with zero attached hydrogens (tertiary/aromatic N) is 1. The van der Waals surface area contributed by atoms with Crippen LogP contribution < -0.4 is 4.74 Å². The van der Waals surface area contributed by atoms with Gasteiger partial charge in [0.1, 0.15) is 18.5 Å². The normalized spacial score (nSPS) is 20.8. The molecule has 1 aromatic carbocycles. The van der Waals surface area contributed by atoms with Crippen molar-refractivity contribution in [3.05, 3.63) is 29.8 Å². The molecule has 0 saturated carbocycles. The van der Waals surface area contributed by atoms with E-state index in [1.54, 1.807) is 0 Å². The summed E-state index contributed by atoms with van der Waals surface area (Å²) in [6.45, 7) is 8.79. The molecule has 0 radical (unpaired) electrons. The molecule has 1 N–H and O–H groups in total. The fourth-order valence-electron chi connectivity index (χ4n) is 2.92. The van der Waals surface area contributed by atoms with Crippen LogP contribution in [0.5, 0.6) is 5.75 Å². The van der Waals surface area contributed by atoms with Gasteiger partial charge < -0.3 is 19.5 Å². The van der Waals surface area contributed by atoms with Crippen molar-refractivity contribution in [3.63, 3.8) is 0 Å². The zero-order valence-electron chi connectivity index (χ0n) is 13.8. The summed E-state index contributed by atoms with van der Waals surface area (Å²) in [7, 11) is 0. The van der Waals surface area contributed by atoms with Crippen LogP contribution in [0.15, 0.2) is 24.3 Å². The number of aliphatic hydroxyl groups excluding tert-OH is 1. The Hall–Kier alpha value is -1.10. The first-order valence-corrected chi connectivity index (χ1v) is 8.35. The lowest BCUT2D eigenvalue weighted by atomic mass is 9.99. The summed E-state index contributed by atoms with van der Waals surface area (Å²) in [6, 6.07) is 7.93. The average molecular weight is 307 g/mol. The number of β-amino-alcohol motifs (C(OH)–C–C–N with tert-alkyl or cyclic N) is 1. The summed E-state index contributed by atoms with van der Waals surface area (Å²) in [5, 5.41) is 10.2. The molecular formula is C18H29NO3. The molecule has 0 amide bonds. The molecule has 0 aromatic heterocycles. The molecule has 2 unspecified atom stereocenters. The molecule has 1 aliphatic heterocycles. The van der Waals surface area contributed by atoms with E-state index in [-0.39, 0.29) is 0 Å². The number of hydrogen-bond acceptors (Lipinski definition) is 4. The van der Waals surface area contributed by atoms with Gasteiger partial charge in [0.2, 0.25) is 0 Å². The lowest BCUT2D eigenvalue weighted by Crippen LogP contribution is -2.42. The largest absolute Gasteiger partial charge is 0.491 e. The van der Waals surface area contributed by atoms with Crippen molar-refractivity contribution in [1.29, 1.82) is 0 Å². The molecule has 2 atom stereocenters. The molecule has 1 aromatic rings. The molecule has 1 saturated heterocycles. The summed E-state index contributed by atoms with van der Waals surface area (Å²) in [5.41, 5.74) is 1.21. The highest BCUT2D eigenvalue weighted by atomic mass is 16.5. The zero-order chi connectivity index (χ0) is 15.8. The van der Waals surface area contributed by atoms with E-state index in [9.17, 15) is 5.11 Å². The summed E-state index contributed by atoms with van der Waals surface area (Å²) in [4.78, 5) is 2.33. The van der Waals surface area contributed by atoms with Gasteiger partial charge >= 0.3 is 0 Å². The first-order valence-electron chi connectivity index (χ1n) is 8.35. The first kappa shape index (κ1) is 17.3. The van der Waals surface area contributed by atoms with E-state index in [4.69, 9.17) is 9.47 Å². The standard InChI is InChI=1S/C18H29NO3/c1-3-21-13-16-5-4-10-19(11-16)12-17(20)14-22-18-8-6-15(2)7-9-18/h6-9,16-17,20H,3-5,10-14H2,1-2H3. The van der Waals surface area contributed by atoms with Crippen LogP contribution in [0.4, 0.5) is 0 Å². The second-order valence-corrected chi connectivity index (χ2v) is 6.21. The minimum absolute atomic E-state index is 0.343. The minimum atomic E-state index is -0.452. The van der Waals surface area contributed by atoms with Gasteiger partial charge in [-0.3, -0.25) is 0 Å². The Balaban J connectivity index is 1.69. The molecule has 0 spiro atoms. The number of piperidine rings is 1. The van der Waals surface area contributed by atoms with Crippen molar-refractivity contribution in [1.82, 2.24) is 4.90 Å². The third kappa shape index (κ3) is 5.95. The molecule has 124 valence electrons. The third-order valence-corrected chi connectivity index (χ3v) is 4.09. The number of likely N-dealkylation sites (tertiary alicyclic amines) is 1. The Labute approximate surface area is 134 Å². The molecule has 1 heterocycles. The second-order valence-electron chi connectivity index (χ2n) is 6.21. The first-order chi connectivity index (χ1) is 10.7. The molecule has 0 aliphatic carbocycles. The van der Waals surface area contributed by atoms with Crippen molar-refractivity contribution in [3.8, 4) is 5.75 Å². The van der Waals surface area contributed by atoms with E-state index in [2.05, 4.69) is 4.90 Å². The van der Waals surface area contributed by atoms with E-state index in [0.29, 0.717) is 19.1 Å². The number of rotatable bonds is 8. The SMILES string of the molecule is CCOCC1CCCN(CC(O)COc2ccc(C)cc2)C1. The number of hydrogen-bond donors (Lipinski definition) is 1. The smallest absolute Gasteiger partial charge is 0.119 e. The summed E-state index contributed by atoms with van der Waals surface area (Å²) < 4.78 is 11.2. The maximum absolute atomic E-state index is 10.2. The van der Waals surface area contributed by atoms with E-state index in [1.165, 1.54) is 18.4 Å². The van der Waals surface area contributed by atoms with Gasteiger partial charge in [0.25, 0.3) is 0 Å². The Morgan fingerprint density at radius 2 is 2.09 bits per heavy atom. The van der Waals surface area contributed by atoms with Gasteiger partial charge in [0.15, 0.2) is 0 Å². The lowest BCUT2D eigenvalue weighted by Gasteiger charge is -2.33. The number of aryl methyl sites for hydroxylation is 1. The minimum Gasteiger partial charge on any atom is -0.491 e. The molecule has 1 aliphatic rings. The van der Waals surface area contributed by atoms with Gasteiger partial charge in [-0.05, 0) is 51.3 Å². The molecular weight excluding hydrogens is 278 g/mol. The fraction of sp³-hybridized carbons (Fsp3) is 0.667. The Bertz CT molecular complexity index is 421. The van der Waals surface area contributed by atoms with Gasteiger partial charge in [-0.1, -0.05) is 17.7 Å². The van der Waals surface area contributed by atoms with E-state index in [1.807, 2.05) is 38.1 Å². The van der Waals surface area contributed by atoms with Crippen LogP contribution in [0, 0.1) is 12.8 Å². The molecule has 2 rings (SSSR count). The number of benzene rings is 1. The Morgan fingerprint density at radius 1 is 1.32 bits per heavy atom. The number of ether oxygens (including phenoxy) is 2. The van der Waals surface area contributed by atoms with Crippen LogP contribution in [-0.2, 0) is 4.74 Å². The van der Waals surface area contributed by atoms with Crippen LogP contribution in [0.3, 0.4) is 0 Å². The van der Waals surface area contributed by atoms with E-state index in [0.717, 1.165) is 32.1 Å². The predicted molar refractivity (Wildman–Crippen MR) is 88.3 cm³/mol. The van der Waals surface area contributed by atoms with Crippen molar-refractivity contribution in [2.75, 3.05) is 39.5 Å². The van der Waals surface area contributed by atoms with Crippen LogP contribution >= 0.6 is 0 Å². The summed E-state index contributed by atoms with van der Waals surface area (Å²) in [5.74, 6) is 1.41. The highest BCUT2D eigenvalue weighted by Crippen LogP contribution is 2.17. The maximum atomic E-state index is 10.2. The molecule has 0 bridgehead atoms. The Morgan fingerprint density at radius 3 is 2.82 bits per heavy atom. The molecule has 22 heavy (non-hydrogen) atoms. The van der Waals surface area contributed by atoms with Gasteiger partial charge in [0.05, 0.1) is 6.61 Å². The van der Waals surface area contributed by atoms with Crippen molar-refractivity contribution >= 4 is 0 Å². The highest BCUT2D eigenvalue weighted by molar-refractivity contribution is 5.26. The quantitative estimate of drug-likeness (QED) is 0.801. The highest BCUT2D eigenvalue weighted by Gasteiger charge is 2.22. The second kappa shape index (κ2) is 9.13. The van der Waals surface area contributed by atoms with Crippen molar-refractivity contribution < 1.29 is 14.6 Å². The summed E-state index contributed by atoms with van der Waals surface area (Å²) >= 11 is 0. The monoisotopic (exact) mass is 307 g/mol. The Kier molecular flexibility index (Phi) is 7.16. The topological polar surface area (TPSA) is 41.9 Å². The van der Waals surface area contributed by atoms with Gasteiger partial charge in [0, 0.05) is 19.7 Å².